The second-order valence-corrected chi connectivity index (χ2v) is 6.55. The van der Waals surface area contributed by atoms with E-state index in [4.69, 9.17) is 10.5 Å². The molecule has 0 aliphatic rings. The molecule has 0 bridgehead atoms. The molecular formula is C20H19NO2S. The molecule has 2 N–H and O–H groups in total. The molecule has 0 radical (unpaired) electrons. The quantitative estimate of drug-likeness (QED) is 0.670. The molecule has 3 nitrogen and oxygen atoms in total. The fourth-order valence-electron chi connectivity index (χ4n) is 2.64. The van der Waals surface area contributed by atoms with Gasteiger partial charge in [0.1, 0.15) is 10.6 Å². The van der Waals surface area contributed by atoms with E-state index >= 15 is 0 Å². The second-order valence-electron chi connectivity index (χ2n) is 5.50. The molecule has 24 heavy (non-hydrogen) atoms. The SMILES string of the molecule is CCOC(=O)c1c(N)sc(-c2ccccc2)c1-c1ccc(C)cc1. The van der Waals surface area contributed by atoms with Crippen molar-refractivity contribution in [1.82, 2.24) is 0 Å². The first kappa shape index (κ1) is 16.3. The van der Waals surface area contributed by atoms with Gasteiger partial charge in [0.25, 0.3) is 0 Å². The van der Waals surface area contributed by atoms with Crippen molar-refractivity contribution in [3.05, 3.63) is 65.7 Å². The van der Waals surface area contributed by atoms with Gasteiger partial charge in [0.15, 0.2) is 0 Å². The molecule has 4 heteroatoms. The smallest absolute Gasteiger partial charge is 0.341 e. The van der Waals surface area contributed by atoms with Crippen molar-refractivity contribution >= 4 is 22.3 Å². The number of thiophene rings is 1. The summed E-state index contributed by atoms with van der Waals surface area (Å²) in [4.78, 5) is 13.5. The van der Waals surface area contributed by atoms with Crippen LogP contribution in [0.2, 0.25) is 0 Å². The predicted octanol–water partition coefficient (Wildman–Crippen LogP) is 5.15. The molecule has 0 unspecified atom stereocenters. The van der Waals surface area contributed by atoms with E-state index in [2.05, 4.69) is 0 Å². The van der Waals surface area contributed by atoms with Gasteiger partial charge in [0, 0.05) is 10.4 Å². The molecule has 1 heterocycles. The summed E-state index contributed by atoms with van der Waals surface area (Å²) in [6.45, 7) is 4.16. The van der Waals surface area contributed by atoms with E-state index in [9.17, 15) is 4.79 Å². The number of benzene rings is 2. The predicted molar refractivity (Wildman–Crippen MR) is 100 cm³/mol. The Morgan fingerprint density at radius 1 is 1.04 bits per heavy atom. The van der Waals surface area contributed by atoms with Gasteiger partial charge < -0.3 is 10.5 Å². The van der Waals surface area contributed by atoms with Gasteiger partial charge in [-0.15, -0.1) is 11.3 Å². The normalized spacial score (nSPS) is 10.6. The first-order valence-electron chi connectivity index (χ1n) is 7.83. The number of carbonyl (C=O) groups is 1. The van der Waals surface area contributed by atoms with Crippen molar-refractivity contribution in [3.8, 4) is 21.6 Å². The summed E-state index contributed by atoms with van der Waals surface area (Å²) in [6.07, 6.45) is 0. The Hall–Kier alpha value is -2.59. The first-order chi connectivity index (χ1) is 11.6. The van der Waals surface area contributed by atoms with Crippen LogP contribution in [0.25, 0.3) is 21.6 Å². The Morgan fingerprint density at radius 2 is 1.71 bits per heavy atom. The Balaban J connectivity index is 2.25. The van der Waals surface area contributed by atoms with E-state index in [1.165, 1.54) is 16.9 Å². The van der Waals surface area contributed by atoms with Gasteiger partial charge in [-0.2, -0.15) is 0 Å². The lowest BCUT2D eigenvalue weighted by molar-refractivity contribution is 0.0529. The van der Waals surface area contributed by atoms with E-state index in [0.717, 1.165) is 21.6 Å². The number of hydrogen-bond acceptors (Lipinski definition) is 4. The highest BCUT2D eigenvalue weighted by Gasteiger charge is 2.25. The number of nitrogen functional groups attached to an aromatic ring is 1. The molecule has 3 aromatic rings. The summed E-state index contributed by atoms with van der Waals surface area (Å²) in [5.41, 5.74) is 10.7. The third-order valence-electron chi connectivity index (χ3n) is 3.79. The van der Waals surface area contributed by atoms with E-state index in [1.54, 1.807) is 6.92 Å². The monoisotopic (exact) mass is 337 g/mol. The van der Waals surface area contributed by atoms with Gasteiger partial charge in [0.05, 0.1) is 6.61 Å². The van der Waals surface area contributed by atoms with Gasteiger partial charge in [-0.05, 0) is 25.0 Å². The third kappa shape index (κ3) is 3.05. The molecule has 1 aromatic heterocycles. The van der Waals surface area contributed by atoms with E-state index in [1.807, 2.05) is 61.5 Å². The van der Waals surface area contributed by atoms with Gasteiger partial charge in [0.2, 0.25) is 0 Å². The van der Waals surface area contributed by atoms with Crippen LogP contribution in [0.3, 0.4) is 0 Å². The number of carbonyl (C=O) groups excluding carboxylic acids is 1. The average Bonchev–Trinajstić information content (AvgIpc) is 2.94. The minimum atomic E-state index is -0.371. The summed E-state index contributed by atoms with van der Waals surface area (Å²) < 4.78 is 5.23. The lowest BCUT2D eigenvalue weighted by Gasteiger charge is -2.09. The Labute approximate surface area is 145 Å². The molecule has 0 fully saturated rings. The zero-order chi connectivity index (χ0) is 17.1. The van der Waals surface area contributed by atoms with Crippen LogP contribution in [0.1, 0.15) is 22.8 Å². The first-order valence-corrected chi connectivity index (χ1v) is 8.65. The summed E-state index contributed by atoms with van der Waals surface area (Å²) in [7, 11) is 0. The Kier molecular flexibility index (Phi) is 4.67. The van der Waals surface area contributed by atoms with Crippen LogP contribution in [0.15, 0.2) is 54.6 Å². The van der Waals surface area contributed by atoms with Crippen molar-refractivity contribution in [3.63, 3.8) is 0 Å². The van der Waals surface area contributed by atoms with Crippen molar-refractivity contribution < 1.29 is 9.53 Å². The number of hydrogen-bond donors (Lipinski definition) is 1. The average molecular weight is 337 g/mol. The van der Waals surface area contributed by atoms with Crippen molar-refractivity contribution in [2.24, 2.45) is 0 Å². The topological polar surface area (TPSA) is 52.3 Å². The molecular weight excluding hydrogens is 318 g/mol. The van der Waals surface area contributed by atoms with Gasteiger partial charge in [-0.1, -0.05) is 60.2 Å². The van der Waals surface area contributed by atoms with Crippen LogP contribution in [-0.4, -0.2) is 12.6 Å². The van der Waals surface area contributed by atoms with Crippen LogP contribution in [0, 0.1) is 6.92 Å². The number of aryl methyl sites for hydroxylation is 1. The van der Waals surface area contributed by atoms with E-state index in [-0.39, 0.29) is 5.97 Å². The molecule has 0 aliphatic carbocycles. The summed E-state index contributed by atoms with van der Waals surface area (Å²) >= 11 is 1.42. The van der Waals surface area contributed by atoms with Crippen molar-refractivity contribution in [2.45, 2.75) is 13.8 Å². The summed E-state index contributed by atoms with van der Waals surface area (Å²) in [6, 6.07) is 18.1. The van der Waals surface area contributed by atoms with Gasteiger partial charge in [-0.25, -0.2) is 4.79 Å². The molecule has 0 amide bonds. The standard InChI is InChI=1S/C20H19NO2S/c1-3-23-20(22)17-16(14-11-9-13(2)10-12-14)18(24-19(17)21)15-7-5-4-6-8-15/h4-12H,3,21H2,1-2H3. The highest BCUT2D eigenvalue weighted by atomic mass is 32.1. The molecule has 0 spiro atoms. The molecule has 0 saturated heterocycles. The number of esters is 1. The van der Waals surface area contributed by atoms with Crippen LogP contribution in [0.4, 0.5) is 5.00 Å². The van der Waals surface area contributed by atoms with Crippen LogP contribution in [0.5, 0.6) is 0 Å². The van der Waals surface area contributed by atoms with Crippen molar-refractivity contribution in [2.75, 3.05) is 12.3 Å². The lowest BCUT2D eigenvalue weighted by Crippen LogP contribution is -2.07. The second kappa shape index (κ2) is 6.89. The number of anilines is 1. The highest BCUT2D eigenvalue weighted by molar-refractivity contribution is 7.20. The maximum atomic E-state index is 12.5. The minimum Gasteiger partial charge on any atom is -0.462 e. The molecule has 0 saturated carbocycles. The van der Waals surface area contributed by atoms with Crippen LogP contribution in [-0.2, 0) is 4.74 Å². The molecule has 0 aliphatic heterocycles. The molecule has 0 atom stereocenters. The molecule has 122 valence electrons. The fraction of sp³-hybridized carbons (Fsp3) is 0.150. The molecule has 3 rings (SSSR count). The summed E-state index contributed by atoms with van der Waals surface area (Å²) in [5, 5.41) is 0.489. The van der Waals surface area contributed by atoms with E-state index < -0.39 is 0 Å². The minimum absolute atomic E-state index is 0.322. The highest BCUT2D eigenvalue weighted by Crippen LogP contribution is 2.45. The van der Waals surface area contributed by atoms with Gasteiger partial charge in [-0.3, -0.25) is 0 Å². The fourth-order valence-corrected chi connectivity index (χ4v) is 3.73. The van der Waals surface area contributed by atoms with Gasteiger partial charge >= 0.3 is 5.97 Å². The number of rotatable bonds is 4. The molecule has 2 aromatic carbocycles. The Morgan fingerprint density at radius 3 is 2.33 bits per heavy atom. The number of nitrogens with two attached hydrogens (primary N) is 1. The zero-order valence-corrected chi connectivity index (χ0v) is 14.5. The zero-order valence-electron chi connectivity index (χ0n) is 13.7. The Bertz CT molecular complexity index is 851. The number of ether oxygens (including phenoxy) is 1. The van der Waals surface area contributed by atoms with E-state index in [0.29, 0.717) is 17.2 Å². The largest absolute Gasteiger partial charge is 0.462 e. The van der Waals surface area contributed by atoms with Crippen molar-refractivity contribution in [1.29, 1.82) is 0 Å². The summed E-state index contributed by atoms with van der Waals surface area (Å²) in [5.74, 6) is -0.371. The third-order valence-corrected chi connectivity index (χ3v) is 4.86. The lowest BCUT2D eigenvalue weighted by atomic mass is 9.97. The maximum absolute atomic E-state index is 12.5. The maximum Gasteiger partial charge on any atom is 0.341 e. The van der Waals surface area contributed by atoms with Crippen LogP contribution >= 0.6 is 11.3 Å². The van der Waals surface area contributed by atoms with Crippen LogP contribution < -0.4 is 5.73 Å².